The number of hydrogen-bond acceptors (Lipinski definition) is 3. The molecule has 19 heavy (non-hydrogen) atoms. The fourth-order valence-electron chi connectivity index (χ4n) is 1.77. The molecule has 0 radical (unpaired) electrons. The fourth-order valence-corrected chi connectivity index (χ4v) is 2.51. The molecule has 0 saturated carbocycles. The van der Waals surface area contributed by atoms with E-state index in [1.54, 1.807) is 19.1 Å². The largest absolute Gasteiger partial charge is 0.481 e. The van der Waals surface area contributed by atoms with E-state index in [1.165, 1.54) is 6.07 Å². The quantitative estimate of drug-likeness (QED) is 0.676. The average molecular weight is 280 g/mol. The minimum Gasteiger partial charge on any atom is -0.481 e. The standard InChI is InChI=1S/C13H13FN2O2S/c1-3-4-16-11-5-8(2)9(14)6-10(11)15-13(16)19-7-12(17)18/h3,5-6H,1,4,7H2,2H3,(H,17,18). The van der Waals surface area contributed by atoms with Crippen LogP contribution >= 0.6 is 11.8 Å². The van der Waals surface area contributed by atoms with Crippen molar-refractivity contribution in [3.8, 4) is 0 Å². The van der Waals surface area contributed by atoms with Crippen molar-refractivity contribution in [1.82, 2.24) is 9.55 Å². The maximum absolute atomic E-state index is 13.5. The number of nitrogens with zero attached hydrogens (tertiary/aromatic N) is 2. The maximum Gasteiger partial charge on any atom is 0.313 e. The van der Waals surface area contributed by atoms with Crippen molar-refractivity contribution in [2.75, 3.05) is 5.75 Å². The zero-order chi connectivity index (χ0) is 14.0. The maximum atomic E-state index is 13.5. The number of carbonyl (C=O) groups is 1. The third-order valence-corrected chi connectivity index (χ3v) is 3.59. The van der Waals surface area contributed by atoms with E-state index >= 15 is 0 Å². The van der Waals surface area contributed by atoms with Crippen LogP contribution in [0, 0.1) is 12.7 Å². The van der Waals surface area contributed by atoms with Crippen LogP contribution in [0.25, 0.3) is 11.0 Å². The molecule has 6 heteroatoms. The van der Waals surface area contributed by atoms with Gasteiger partial charge in [0.25, 0.3) is 0 Å². The number of aryl methyl sites for hydroxylation is 1. The Morgan fingerprint density at radius 2 is 2.37 bits per heavy atom. The molecule has 0 aliphatic rings. The monoisotopic (exact) mass is 280 g/mol. The number of hydrogen-bond donors (Lipinski definition) is 1. The number of fused-ring (bicyclic) bond motifs is 1. The number of carboxylic acid groups (broad SMARTS) is 1. The van der Waals surface area contributed by atoms with Crippen LogP contribution in [0.4, 0.5) is 4.39 Å². The zero-order valence-corrected chi connectivity index (χ0v) is 11.2. The number of allylic oxidation sites excluding steroid dienone is 1. The first kappa shape index (κ1) is 13.6. The molecule has 2 aromatic rings. The van der Waals surface area contributed by atoms with Gasteiger partial charge in [0.2, 0.25) is 0 Å². The van der Waals surface area contributed by atoms with Gasteiger partial charge in [0.15, 0.2) is 5.16 Å². The molecule has 0 aliphatic heterocycles. The molecule has 0 atom stereocenters. The van der Waals surface area contributed by atoms with Gasteiger partial charge in [0.05, 0.1) is 16.8 Å². The van der Waals surface area contributed by atoms with E-state index in [0.717, 1.165) is 17.3 Å². The molecular weight excluding hydrogens is 267 g/mol. The van der Waals surface area contributed by atoms with Crippen molar-refractivity contribution in [3.05, 3.63) is 36.2 Å². The number of thioether (sulfide) groups is 1. The average Bonchev–Trinajstić information content (AvgIpc) is 2.66. The van der Waals surface area contributed by atoms with Gasteiger partial charge in [-0.1, -0.05) is 17.8 Å². The van der Waals surface area contributed by atoms with Crippen molar-refractivity contribution in [1.29, 1.82) is 0 Å². The first-order chi connectivity index (χ1) is 9.02. The number of aromatic nitrogens is 2. The van der Waals surface area contributed by atoms with Crippen LogP contribution in [0.2, 0.25) is 0 Å². The van der Waals surface area contributed by atoms with Crippen LogP contribution in [0.5, 0.6) is 0 Å². The molecular formula is C13H13FN2O2S. The van der Waals surface area contributed by atoms with E-state index < -0.39 is 5.97 Å². The Labute approximate surface area is 113 Å². The molecule has 4 nitrogen and oxygen atoms in total. The van der Waals surface area contributed by atoms with Gasteiger partial charge in [0, 0.05) is 12.6 Å². The number of rotatable bonds is 5. The van der Waals surface area contributed by atoms with Crippen molar-refractivity contribution in [2.45, 2.75) is 18.6 Å². The summed E-state index contributed by atoms with van der Waals surface area (Å²) in [4.78, 5) is 14.9. The predicted octanol–water partition coefficient (Wildman–Crippen LogP) is 2.85. The number of benzene rings is 1. The van der Waals surface area contributed by atoms with Gasteiger partial charge >= 0.3 is 5.97 Å². The van der Waals surface area contributed by atoms with Crippen LogP contribution in [0.15, 0.2) is 29.9 Å². The van der Waals surface area contributed by atoms with Crippen LogP contribution in [-0.4, -0.2) is 26.4 Å². The van der Waals surface area contributed by atoms with Crippen molar-refractivity contribution in [2.24, 2.45) is 0 Å². The lowest BCUT2D eigenvalue weighted by molar-refractivity contribution is -0.133. The smallest absolute Gasteiger partial charge is 0.313 e. The van der Waals surface area contributed by atoms with Crippen molar-refractivity contribution >= 4 is 28.8 Å². The number of carboxylic acids is 1. The third kappa shape index (κ3) is 2.78. The van der Waals surface area contributed by atoms with Crippen molar-refractivity contribution < 1.29 is 14.3 Å². The van der Waals surface area contributed by atoms with Gasteiger partial charge in [0.1, 0.15) is 5.82 Å². The van der Waals surface area contributed by atoms with E-state index in [1.807, 2.05) is 4.57 Å². The topological polar surface area (TPSA) is 55.1 Å². The van der Waals surface area contributed by atoms with Gasteiger partial charge < -0.3 is 9.67 Å². The number of halogens is 1. The second kappa shape index (κ2) is 5.44. The second-order valence-electron chi connectivity index (χ2n) is 4.07. The zero-order valence-electron chi connectivity index (χ0n) is 10.4. The number of imidazole rings is 1. The molecule has 0 unspecified atom stereocenters. The van der Waals surface area contributed by atoms with Gasteiger partial charge in [-0.2, -0.15) is 0 Å². The molecule has 1 N–H and O–H groups in total. The molecule has 1 aromatic heterocycles. The second-order valence-corrected chi connectivity index (χ2v) is 5.01. The summed E-state index contributed by atoms with van der Waals surface area (Å²) in [5.74, 6) is -1.31. The predicted molar refractivity (Wildman–Crippen MR) is 73.0 cm³/mol. The SMILES string of the molecule is C=CCn1c(SCC(=O)O)nc2cc(F)c(C)cc21. The van der Waals surface area contributed by atoms with Gasteiger partial charge in [-0.3, -0.25) is 4.79 Å². The van der Waals surface area contributed by atoms with Crippen LogP contribution in [0.3, 0.4) is 0 Å². The molecule has 1 aromatic carbocycles. The lowest BCUT2D eigenvalue weighted by atomic mass is 10.2. The van der Waals surface area contributed by atoms with Crippen LogP contribution in [-0.2, 0) is 11.3 Å². The summed E-state index contributed by atoms with van der Waals surface area (Å²) in [5, 5.41) is 9.28. The van der Waals surface area contributed by atoms with E-state index in [-0.39, 0.29) is 11.6 Å². The normalized spacial score (nSPS) is 10.8. The lowest BCUT2D eigenvalue weighted by Gasteiger charge is -2.05. The Balaban J connectivity index is 2.52. The molecule has 0 fully saturated rings. The number of aliphatic carboxylic acids is 1. The summed E-state index contributed by atoms with van der Waals surface area (Å²) >= 11 is 1.11. The van der Waals surface area contributed by atoms with E-state index in [4.69, 9.17) is 5.11 Å². The summed E-state index contributed by atoms with van der Waals surface area (Å²) in [5.41, 5.74) is 1.84. The van der Waals surface area contributed by atoms with E-state index in [2.05, 4.69) is 11.6 Å². The molecule has 0 spiro atoms. The van der Waals surface area contributed by atoms with Crippen molar-refractivity contribution in [3.63, 3.8) is 0 Å². The van der Waals surface area contributed by atoms with Gasteiger partial charge in [-0.15, -0.1) is 6.58 Å². The molecule has 0 aliphatic carbocycles. The Morgan fingerprint density at radius 1 is 1.63 bits per heavy atom. The minimum atomic E-state index is -0.912. The molecule has 100 valence electrons. The van der Waals surface area contributed by atoms with Crippen LogP contribution in [0.1, 0.15) is 5.56 Å². The summed E-state index contributed by atoms with van der Waals surface area (Å²) in [6.45, 7) is 5.86. The van der Waals surface area contributed by atoms with Crippen LogP contribution < -0.4 is 0 Å². The molecule has 1 heterocycles. The van der Waals surface area contributed by atoms with Gasteiger partial charge in [-0.25, -0.2) is 9.37 Å². The third-order valence-electron chi connectivity index (χ3n) is 2.63. The Morgan fingerprint density at radius 3 is 3.00 bits per heavy atom. The Kier molecular flexibility index (Phi) is 3.90. The summed E-state index contributed by atoms with van der Waals surface area (Å²) < 4.78 is 15.4. The molecule has 0 amide bonds. The highest BCUT2D eigenvalue weighted by Crippen LogP contribution is 2.26. The van der Waals surface area contributed by atoms with E-state index in [9.17, 15) is 9.18 Å². The lowest BCUT2D eigenvalue weighted by Crippen LogP contribution is -2.02. The highest BCUT2D eigenvalue weighted by molar-refractivity contribution is 7.99. The minimum absolute atomic E-state index is 0.0814. The first-order valence-corrected chi connectivity index (χ1v) is 6.63. The van der Waals surface area contributed by atoms with E-state index in [0.29, 0.717) is 22.8 Å². The molecule has 0 bridgehead atoms. The Bertz CT molecular complexity index is 652. The molecule has 2 rings (SSSR count). The van der Waals surface area contributed by atoms with Gasteiger partial charge in [-0.05, 0) is 18.6 Å². The summed E-state index contributed by atoms with van der Waals surface area (Å²) in [7, 11) is 0. The highest BCUT2D eigenvalue weighted by Gasteiger charge is 2.13. The Hall–Kier alpha value is -1.82. The summed E-state index contributed by atoms with van der Waals surface area (Å²) in [6, 6.07) is 3.08. The summed E-state index contributed by atoms with van der Waals surface area (Å²) in [6.07, 6.45) is 1.70. The fraction of sp³-hybridized carbons (Fsp3) is 0.231. The molecule has 0 saturated heterocycles. The first-order valence-electron chi connectivity index (χ1n) is 5.64. The highest BCUT2D eigenvalue weighted by atomic mass is 32.2.